The molecule has 8 heteroatoms. The highest BCUT2D eigenvalue weighted by Gasteiger charge is 2.36. The van der Waals surface area contributed by atoms with E-state index in [-0.39, 0.29) is 11.7 Å². The van der Waals surface area contributed by atoms with Gasteiger partial charge in [-0.3, -0.25) is 4.79 Å². The van der Waals surface area contributed by atoms with Gasteiger partial charge in [-0.1, -0.05) is 18.2 Å². The van der Waals surface area contributed by atoms with E-state index in [0.717, 1.165) is 21.8 Å². The number of ketones is 1. The van der Waals surface area contributed by atoms with E-state index in [0.29, 0.717) is 28.7 Å². The average molecular weight is 418 g/mol. The molecule has 0 aliphatic carbocycles. The number of hydrogen-bond acceptors (Lipinski definition) is 7. The number of thiophene rings is 1. The zero-order valence-electron chi connectivity index (χ0n) is 16.6. The Hall–Kier alpha value is -3.52. The fourth-order valence-electron chi connectivity index (χ4n) is 3.83. The van der Waals surface area contributed by atoms with Crippen LogP contribution in [0.3, 0.4) is 0 Å². The van der Waals surface area contributed by atoms with E-state index in [1.807, 2.05) is 41.8 Å². The second kappa shape index (κ2) is 7.07. The van der Waals surface area contributed by atoms with Crippen molar-refractivity contribution in [2.75, 3.05) is 7.11 Å². The molecular weight excluding hydrogens is 400 g/mol. The summed E-state index contributed by atoms with van der Waals surface area (Å²) >= 11 is 1.57. The maximum atomic E-state index is 12.6. The Morgan fingerprint density at radius 1 is 1.23 bits per heavy atom. The summed E-state index contributed by atoms with van der Waals surface area (Å²) in [5.41, 5.74) is 2.87. The van der Waals surface area contributed by atoms with Gasteiger partial charge in [0.1, 0.15) is 17.8 Å². The molecule has 0 amide bonds. The molecule has 0 saturated carbocycles. The third-order valence-corrected chi connectivity index (χ3v) is 6.03. The molecule has 1 aliphatic rings. The summed E-state index contributed by atoms with van der Waals surface area (Å²) in [6.45, 7) is 3.35. The number of methoxy groups -OCH3 is 1. The molecule has 0 N–H and O–H groups in total. The Morgan fingerprint density at radius 3 is 2.70 bits per heavy atom. The highest BCUT2D eigenvalue weighted by Crippen LogP contribution is 2.44. The maximum Gasteiger partial charge on any atom is 0.228 e. The SMILES string of the molecule is COc1ccc(C2C(C(C)=O)=C(C)Oc3ncn4nc(-c5cccs5)nc4c32)cc1. The molecule has 1 atom stereocenters. The first-order valence-corrected chi connectivity index (χ1v) is 10.3. The van der Waals surface area contributed by atoms with Crippen LogP contribution in [0.2, 0.25) is 0 Å². The predicted octanol–water partition coefficient (Wildman–Crippen LogP) is 4.25. The summed E-state index contributed by atoms with van der Waals surface area (Å²) in [4.78, 5) is 22.8. The minimum Gasteiger partial charge on any atom is -0.497 e. The third kappa shape index (κ3) is 2.88. The number of nitrogens with zero attached hydrogens (tertiary/aromatic N) is 4. The van der Waals surface area contributed by atoms with Gasteiger partial charge in [0.15, 0.2) is 17.3 Å². The van der Waals surface area contributed by atoms with Crippen molar-refractivity contribution in [1.29, 1.82) is 0 Å². The number of aromatic nitrogens is 4. The van der Waals surface area contributed by atoms with Crippen LogP contribution in [0.1, 0.15) is 30.9 Å². The van der Waals surface area contributed by atoms with Crippen molar-refractivity contribution >= 4 is 22.8 Å². The molecule has 0 bridgehead atoms. The number of carbonyl (C=O) groups excluding carboxylic acids is 1. The van der Waals surface area contributed by atoms with E-state index in [9.17, 15) is 4.79 Å². The fourth-order valence-corrected chi connectivity index (χ4v) is 4.49. The molecule has 1 aliphatic heterocycles. The summed E-state index contributed by atoms with van der Waals surface area (Å²) in [5.74, 6) is 1.92. The van der Waals surface area contributed by atoms with Crippen molar-refractivity contribution in [2.45, 2.75) is 19.8 Å². The van der Waals surface area contributed by atoms with Crippen molar-refractivity contribution in [1.82, 2.24) is 19.6 Å². The second-order valence-electron chi connectivity index (χ2n) is 6.98. The van der Waals surface area contributed by atoms with E-state index in [2.05, 4.69) is 10.1 Å². The lowest BCUT2D eigenvalue weighted by Crippen LogP contribution is -2.22. The minimum atomic E-state index is -0.367. The smallest absolute Gasteiger partial charge is 0.228 e. The number of rotatable bonds is 4. The Kier molecular flexibility index (Phi) is 4.36. The van der Waals surface area contributed by atoms with Gasteiger partial charge in [-0.25, -0.2) is 14.5 Å². The summed E-state index contributed by atoms with van der Waals surface area (Å²) in [5, 5.41) is 6.57. The number of allylic oxidation sites excluding steroid dienone is 2. The summed E-state index contributed by atoms with van der Waals surface area (Å²) < 4.78 is 12.9. The second-order valence-corrected chi connectivity index (χ2v) is 7.93. The van der Waals surface area contributed by atoms with Crippen LogP contribution in [0.25, 0.3) is 16.3 Å². The molecule has 30 heavy (non-hydrogen) atoms. The topological polar surface area (TPSA) is 78.6 Å². The van der Waals surface area contributed by atoms with Gasteiger partial charge < -0.3 is 9.47 Å². The van der Waals surface area contributed by atoms with Crippen LogP contribution in [0.5, 0.6) is 11.6 Å². The summed E-state index contributed by atoms with van der Waals surface area (Å²) in [6.07, 6.45) is 1.59. The zero-order chi connectivity index (χ0) is 20.8. The lowest BCUT2D eigenvalue weighted by atomic mass is 9.82. The van der Waals surface area contributed by atoms with E-state index in [1.54, 1.807) is 43.1 Å². The Balaban J connectivity index is 1.77. The first-order chi connectivity index (χ1) is 14.6. The van der Waals surface area contributed by atoms with Gasteiger partial charge in [0.2, 0.25) is 5.88 Å². The normalized spacial score (nSPS) is 15.8. The molecule has 150 valence electrons. The van der Waals surface area contributed by atoms with Crippen LogP contribution in [-0.4, -0.2) is 32.5 Å². The molecule has 0 saturated heterocycles. The van der Waals surface area contributed by atoms with Gasteiger partial charge in [-0.2, -0.15) is 0 Å². The molecule has 0 fully saturated rings. The van der Waals surface area contributed by atoms with E-state index in [1.165, 1.54) is 0 Å². The van der Waals surface area contributed by atoms with Crippen LogP contribution < -0.4 is 9.47 Å². The van der Waals surface area contributed by atoms with Gasteiger partial charge in [0.05, 0.1) is 17.6 Å². The van der Waals surface area contributed by atoms with Crippen LogP contribution in [0, 0.1) is 0 Å². The molecule has 4 heterocycles. The lowest BCUT2D eigenvalue weighted by Gasteiger charge is -2.28. The molecule has 0 radical (unpaired) electrons. The summed E-state index contributed by atoms with van der Waals surface area (Å²) in [6, 6.07) is 11.6. The van der Waals surface area contributed by atoms with Crippen molar-refractivity contribution in [2.24, 2.45) is 0 Å². The molecular formula is C22H18N4O3S. The van der Waals surface area contributed by atoms with Gasteiger partial charge in [0.25, 0.3) is 0 Å². The fraction of sp³-hybridized carbons (Fsp3) is 0.182. The number of benzene rings is 1. The summed E-state index contributed by atoms with van der Waals surface area (Å²) in [7, 11) is 1.62. The van der Waals surface area contributed by atoms with Gasteiger partial charge in [-0.05, 0) is 43.0 Å². The maximum absolute atomic E-state index is 12.6. The van der Waals surface area contributed by atoms with Crippen LogP contribution >= 0.6 is 11.3 Å². The van der Waals surface area contributed by atoms with Gasteiger partial charge in [0, 0.05) is 11.5 Å². The largest absolute Gasteiger partial charge is 0.497 e. The number of carbonyl (C=O) groups is 1. The molecule has 3 aromatic heterocycles. The minimum absolute atomic E-state index is 0.0565. The molecule has 1 aromatic carbocycles. The van der Waals surface area contributed by atoms with Gasteiger partial charge >= 0.3 is 0 Å². The predicted molar refractivity (Wildman–Crippen MR) is 113 cm³/mol. The van der Waals surface area contributed by atoms with Crippen molar-refractivity contribution in [3.05, 3.63) is 70.6 Å². The zero-order valence-corrected chi connectivity index (χ0v) is 17.4. The van der Waals surface area contributed by atoms with Gasteiger partial charge in [-0.15, -0.1) is 16.4 Å². The van der Waals surface area contributed by atoms with Crippen molar-refractivity contribution in [3.8, 4) is 22.3 Å². The molecule has 0 spiro atoms. The first-order valence-electron chi connectivity index (χ1n) is 9.39. The van der Waals surface area contributed by atoms with E-state index in [4.69, 9.17) is 14.5 Å². The number of fused-ring (bicyclic) bond motifs is 3. The Bertz CT molecular complexity index is 1290. The number of Topliss-reactive ketones (excluding diaryl/α,β-unsaturated/α-hetero) is 1. The Morgan fingerprint density at radius 2 is 2.03 bits per heavy atom. The Labute approximate surface area is 176 Å². The highest BCUT2D eigenvalue weighted by atomic mass is 32.1. The molecule has 4 aromatic rings. The first kappa shape index (κ1) is 18.5. The molecule has 5 rings (SSSR count). The standard InChI is InChI=1S/C22H18N4O3S/c1-12(27)17-13(2)29-22-19(18(17)14-6-8-15(28-3)9-7-14)21-24-20(16-5-4-10-30-16)25-26(21)11-23-22/h4-11,18H,1-3H3. The van der Waals surface area contributed by atoms with Crippen LogP contribution in [0.15, 0.2) is 59.4 Å². The highest BCUT2D eigenvalue weighted by molar-refractivity contribution is 7.13. The van der Waals surface area contributed by atoms with Crippen LogP contribution in [-0.2, 0) is 4.79 Å². The van der Waals surface area contributed by atoms with Crippen LogP contribution in [0.4, 0.5) is 0 Å². The molecule has 7 nitrogen and oxygen atoms in total. The molecule has 1 unspecified atom stereocenters. The number of ether oxygens (including phenoxy) is 2. The third-order valence-electron chi connectivity index (χ3n) is 5.16. The average Bonchev–Trinajstić information content (AvgIpc) is 3.42. The van der Waals surface area contributed by atoms with Crippen molar-refractivity contribution in [3.63, 3.8) is 0 Å². The van der Waals surface area contributed by atoms with Crippen molar-refractivity contribution < 1.29 is 14.3 Å². The van der Waals surface area contributed by atoms with E-state index >= 15 is 0 Å². The number of hydrogen-bond donors (Lipinski definition) is 0. The quantitative estimate of drug-likeness (QED) is 0.493. The van der Waals surface area contributed by atoms with E-state index < -0.39 is 0 Å². The monoisotopic (exact) mass is 418 g/mol. The lowest BCUT2D eigenvalue weighted by molar-refractivity contribution is -0.114.